The molecule has 5 rings (SSSR count). The fourth-order valence-corrected chi connectivity index (χ4v) is 6.53. The largest absolute Gasteiger partial charge is 0.326 e. The Bertz CT molecular complexity index is 1390. The molecule has 9 heteroatoms. The van der Waals surface area contributed by atoms with Crippen LogP contribution in [0.15, 0.2) is 75.7 Å². The van der Waals surface area contributed by atoms with Gasteiger partial charge in [-0.25, -0.2) is 13.4 Å². The summed E-state index contributed by atoms with van der Waals surface area (Å²) < 4.78 is 27.2. The number of piperazine rings is 1. The van der Waals surface area contributed by atoms with Gasteiger partial charge in [0, 0.05) is 10.9 Å². The van der Waals surface area contributed by atoms with Crippen molar-refractivity contribution in [1.29, 1.82) is 0 Å². The van der Waals surface area contributed by atoms with Crippen molar-refractivity contribution >= 4 is 31.6 Å². The van der Waals surface area contributed by atoms with Gasteiger partial charge >= 0.3 is 0 Å². The lowest BCUT2D eigenvalue weighted by atomic mass is 10.1. The van der Waals surface area contributed by atoms with Crippen LogP contribution in [0, 0.1) is 0 Å². The van der Waals surface area contributed by atoms with Crippen LogP contribution in [0.2, 0.25) is 0 Å². The fourth-order valence-electron chi connectivity index (χ4n) is 4.11. The Labute approximate surface area is 190 Å². The van der Waals surface area contributed by atoms with E-state index in [9.17, 15) is 13.2 Å². The van der Waals surface area contributed by atoms with E-state index in [0.29, 0.717) is 48.8 Å². The van der Waals surface area contributed by atoms with Crippen molar-refractivity contribution in [3.8, 4) is 11.1 Å². The topological polar surface area (TPSA) is 87.6 Å². The number of benzene rings is 2. The highest BCUT2D eigenvalue weighted by Crippen LogP contribution is 2.30. The lowest BCUT2D eigenvalue weighted by Crippen LogP contribution is -3.13. The third-order valence-corrected chi connectivity index (χ3v) is 8.59. The SMILES string of the molecule is O=c1[nH]c(C[NH+]2CCN(S(=O)(=O)c3ccccc3)CC2)nc2scc(-c3ccccc3)c12. The monoisotopic (exact) mass is 467 g/mol. The molecule has 2 N–H and O–H groups in total. The first-order valence-corrected chi connectivity index (χ1v) is 12.8. The zero-order valence-electron chi connectivity index (χ0n) is 17.3. The number of sulfonamides is 1. The van der Waals surface area contributed by atoms with E-state index < -0.39 is 10.0 Å². The normalized spacial score (nSPS) is 15.9. The molecular weight excluding hydrogens is 444 g/mol. The molecule has 0 aliphatic carbocycles. The molecule has 164 valence electrons. The van der Waals surface area contributed by atoms with E-state index in [0.717, 1.165) is 16.0 Å². The van der Waals surface area contributed by atoms with Crippen LogP contribution in [-0.2, 0) is 16.6 Å². The Balaban J connectivity index is 1.31. The molecular formula is C23H23N4O3S2+. The van der Waals surface area contributed by atoms with Crippen LogP contribution >= 0.6 is 11.3 Å². The third-order valence-electron chi connectivity index (χ3n) is 5.81. The number of hydrogen-bond acceptors (Lipinski definition) is 5. The standard InChI is InChI=1S/C23H22N4O3S2/c28-22-21-19(17-7-3-1-4-8-17)16-31-23(21)25-20(24-22)15-26-11-13-27(14-12-26)32(29,30)18-9-5-2-6-10-18/h1-10,16H,11-15H2,(H,24,25,28)/p+1. The van der Waals surface area contributed by atoms with E-state index in [4.69, 9.17) is 4.98 Å². The summed E-state index contributed by atoms with van der Waals surface area (Å²) in [6.07, 6.45) is 0. The summed E-state index contributed by atoms with van der Waals surface area (Å²) in [5, 5.41) is 2.60. The van der Waals surface area contributed by atoms with Gasteiger partial charge in [0.05, 0.1) is 36.5 Å². The number of quaternary nitrogens is 1. The first-order valence-electron chi connectivity index (χ1n) is 10.5. The summed E-state index contributed by atoms with van der Waals surface area (Å²) in [6, 6.07) is 18.4. The summed E-state index contributed by atoms with van der Waals surface area (Å²) in [5.74, 6) is 0.637. The van der Waals surface area contributed by atoms with Crippen LogP contribution in [0.4, 0.5) is 0 Å². The van der Waals surface area contributed by atoms with E-state index in [2.05, 4.69) is 4.98 Å². The van der Waals surface area contributed by atoms with Crippen LogP contribution in [-0.4, -0.2) is 48.9 Å². The highest BCUT2D eigenvalue weighted by atomic mass is 32.2. The van der Waals surface area contributed by atoms with E-state index in [-0.39, 0.29) is 5.56 Å². The van der Waals surface area contributed by atoms with E-state index in [1.54, 1.807) is 24.3 Å². The fraction of sp³-hybridized carbons (Fsp3) is 0.217. The number of nitrogens with one attached hydrogen (secondary N) is 2. The molecule has 0 atom stereocenters. The second kappa shape index (κ2) is 8.59. The lowest BCUT2D eigenvalue weighted by molar-refractivity contribution is -0.917. The van der Waals surface area contributed by atoms with Crippen LogP contribution in [0.5, 0.6) is 0 Å². The summed E-state index contributed by atoms with van der Waals surface area (Å²) in [5.41, 5.74) is 1.77. The maximum Gasteiger partial charge on any atom is 0.260 e. The second-order valence-corrected chi connectivity index (χ2v) is 10.6. The number of aromatic amines is 1. The van der Waals surface area contributed by atoms with Gasteiger partial charge in [-0.1, -0.05) is 48.5 Å². The molecule has 32 heavy (non-hydrogen) atoms. The Morgan fingerprint density at radius 2 is 1.66 bits per heavy atom. The molecule has 0 amide bonds. The maximum atomic E-state index is 12.9. The maximum absolute atomic E-state index is 12.9. The number of nitrogens with zero attached hydrogens (tertiary/aromatic N) is 2. The second-order valence-electron chi connectivity index (χ2n) is 7.85. The molecule has 1 aliphatic heterocycles. The van der Waals surface area contributed by atoms with Crippen molar-refractivity contribution in [3.63, 3.8) is 0 Å². The molecule has 2 aromatic heterocycles. The highest BCUT2D eigenvalue weighted by molar-refractivity contribution is 7.89. The van der Waals surface area contributed by atoms with E-state index in [1.807, 2.05) is 41.8 Å². The summed E-state index contributed by atoms with van der Waals surface area (Å²) in [4.78, 5) is 22.8. The number of aromatic nitrogens is 2. The van der Waals surface area contributed by atoms with Gasteiger partial charge in [0.2, 0.25) is 10.0 Å². The molecule has 1 fully saturated rings. The predicted molar refractivity (Wildman–Crippen MR) is 125 cm³/mol. The Kier molecular flexibility index (Phi) is 5.64. The molecule has 1 saturated heterocycles. The summed E-state index contributed by atoms with van der Waals surface area (Å²) in [7, 11) is -3.47. The van der Waals surface area contributed by atoms with Gasteiger partial charge in [-0.15, -0.1) is 11.3 Å². The number of rotatable bonds is 5. The first kappa shape index (κ1) is 21.0. The molecule has 0 radical (unpaired) electrons. The molecule has 4 aromatic rings. The van der Waals surface area contributed by atoms with Crippen LogP contribution < -0.4 is 10.5 Å². The highest BCUT2D eigenvalue weighted by Gasteiger charge is 2.30. The third kappa shape index (κ3) is 4.00. The van der Waals surface area contributed by atoms with E-state index >= 15 is 0 Å². The molecule has 0 bridgehead atoms. The average Bonchev–Trinajstić information content (AvgIpc) is 3.25. The van der Waals surface area contributed by atoms with Crippen LogP contribution in [0.25, 0.3) is 21.3 Å². The van der Waals surface area contributed by atoms with Crippen molar-refractivity contribution < 1.29 is 13.3 Å². The summed E-state index contributed by atoms with van der Waals surface area (Å²) >= 11 is 1.47. The smallest absolute Gasteiger partial charge is 0.260 e. The number of hydrogen-bond donors (Lipinski definition) is 2. The number of H-pyrrole nitrogens is 1. The van der Waals surface area contributed by atoms with Gasteiger partial charge in [-0.05, 0) is 17.7 Å². The van der Waals surface area contributed by atoms with Crippen LogP contribution in [0.1, 0.15) is 5.82 Å². The first-order chi connectivity index (χ1) is 15.5. The van der Waals surface area contributed by atoms with Gasteiger partial charge in [0.15, 0.2) is 5.82 Å². The molecule has 0 spiro atoms. The zero-order chi connectivity index (χ0) is 22.1. The minimum Gasteiger partial charge on any atom is -0.326 e. The predicted octanol–water partition coefficient (Wildman–Crippen LogP) is 1.74. The van der Waals surface area contributed by atoms with E-state index in [1.165, 1.54) is 20.5 Å². The quantitative estimate of drug-likeness (QED) is 0.468. The lowest BCUT2D eigenvalue weighted by Gasteiger charge is -2.31. The van der Waals surface area contributed by atoms with Gasteiger partial charge in [-0.3, -0.25) is 4.79 Å². The van der Waals surface area contributed by atoms with Crippen molar-refractivity contribution in [3.05, 3.63) is 82.2 Å². The zero-order valence-corrected chi connectivity index (χ0v) is 19.0. The molecule has 7 nitrogen and oxygen atoms in total. The van der Waals surface area contributed by atoms with Gasteiger partial charge < -0.3 is 9.88 Å². The molecule has 2 aromatic carbocycles. The Hall–Kier alpha value is -2.85. The average molecular weight is 468 g/mol. The Morgan fingerprint density at radius 1 is 1.00 bits per heavy atom. The van der Waals surface area contributed by atoms with Crippen LogP contribution in [0.3, 0.4) is 0 Å². The minimum absolute atomic E-state index is 0.130. The molecule has 1 aliphatic rings. The minimum atomic E-state index is -3.47. The molecule has 0 unspecified atom stereocenters. The van der Waals surface area contributed by atoms with Gasteiger partial charge in [0.25, 0.3) is 5.56 Å². The molecule has 0 saturated carbocycles. The Morgan fingerprint density at radius 3 is 2.34 bits per heavy atom. The van der Waals surface area contributed by atoms with Gasteiger partial charge in [0.1, 0.15) is 11.4 Å². The molecule has 3 heterocycles. The number of thiophene rings is 1. The van der Waals surface area contributed by atoms with Gasteiger partial charge in [-0.2, -0.15) is 4.31 Å². The van der Waals surface area contributed by atoms with Crippen molar-refractivity contribution in [2.45, 2.75) is 11.4 Å². The van der Waals surface area contributed by atoms with Crippen molar-refractivity contribution in [2.75, 3.05) is 26.2 Å². The number of fused-ring (bicyclic) bond motifs is 1. The summed E-state index contributed by atoms with van der Waals surface area (Å²) in [6.45, 7) is 2.76. The van der Waals surface area contributed by atoms with Crippen molar-refractivity contribution in [1.82, 2.24) is 14.3 Å². The van der Waals surface area contributed by atoms with Crippen molar-refractivity contribution in [2.24, 2.45) is 0 Å².